The zero-order valence-electron chi connectivity index (χ0n) is 11.8. The van der Waals surface area contributed by atoms with Crippen molar-refractivity contribution in [3.05, 3.63) is 44.0 Å². The molecule has 8 nitrogen and oxygen atoms in total. The van der Waals surface area contributed by atoms with Crippen molar-refractivity contribution in [2.45, 2.75) is 13.0 Å². The van der Waals surface area contributed by atoms with Crippen molar-refractivity contribution in [3.63, 3.8) is 0 Å². The summed E-state index contributed by atoms with van der Waals surface area (Å²) in [6.07, 6.45) is 1.12. The molecule has 1 atom stereocenters. The maximum absolute atomic E-state index is 11.0. The van der Waals surface area contributed by atoms with Gasteiger partial charge in [-0.3, -0.25) is 20.2 Å². The summed E-state index contributed by atoms with van der Waals surface area (Å²) in [5.74, 6) is 0.548. The molecule has 1 aliphatic rings. The Kier molecular flexibility index (Phi) is 4.81. The molecule has 1 aliphatic heterocycles. The zero-order chi connectivity index (χ0) is 15.4. The Balaban J connectivity index is 1.99. The molecule has 1 aromatic carbocycles. The predicted molar refractivity (Wildman–Crippen MR) is 77.1 cm³/mol. The predicted octanol–water partition coefficient (Wildman–Crippen LogP) is 1.54. The second kappa shape index (κ2) is 6.59. The second-order valence-electron chi connectivity index (χ2n) is 5.38. The highest BCUT2D eigenvalue weighted by atomic mass is 16.6. The van der Waals surface area contributed by atoms with Gasteiger partial charge >= 0.3 is 0 Å². The lowest BCUT2D eigenvalue weighted by Gasteiger charge is -2.11. The highest BCUT2D eigenvalue weighted by molar-refractivity contribution is 5.49. The van der Waals surface area contributed by atoms with E-state index in [0.717, 1.165) is 32.1 Å². The van der Waals surface area contributed by atoms with Crippen molar-refractivity contribution in [2.75, 3.05) is 26.7 Å². The first kappa shape index (κ1) is 15.3. The Morgan fingerprint density at radius 1 is 1.33 bits per heavy atom. The topological polar surface area (TPSA) is 102 Å². The van der Waals surface area contributed by atoms with E-state index in [4.69, 9.17) is 0 Å². The van der Waals surface area contributed by atoms with Crippen LogP contribution in [0.3, 0.4) is 0 Å². The molecule has 0 saturated carbocycles. The Bertz CT molecular complexity index is 549. The fraction of sp³-hybridized carbons (Fsp3) is 0.538. The number of rotatable bonds is 6. The number of likely N-dealkylation sites (tertiary alicyclic amines) is 1. The van der Waals surface area contributed by atoms with E-state index in [-0.39, 0.29) is 11.4 Å². The molecule has 1 N–H and O–H groups in total. The number of non-ortho nitro benzene ring substituents is 1. The number of nitro benzene ring substituents is 2. The Labute approximate surface area is 122 Å². The Morgan fingerprint density at radius 2 is 2.10 bits per heavy atom. The molecule has 1 aromatic rings. The average Bonchev–Trinajstić information content (AvgIpc) is 2.84. The van der Waals surface area contributed by atoms with Crippen LogP contribution in [0.4, 0.5) is 11.4 Å². The van der Waals surface area contributed by atoms with Gasteiger partial charge in [0.2, 0.25) is 0 Å². The van der Waals surface area contributed by atoms with Gasteiger partial charge in [-0.15, -0.1) is 0 Å². The van der Waals surface area contributed by atoms with Crippen molar-refractivity contribution >= 4 is 11.4 Å². The normalized spacial score (nSPS) is 18.8. The summed E-state index contributed by atoms with van der Waals surface area (Å²) in [6, 6.07) is 3.76. The van der Waals surface area contributed by atoms with Gasteiger partial charge in [-0.05, 0) is 38.5 Å². The number of benzene rings is 1. The van der Waals surface area contributed by atoms with E-state index in [9.17, 15) is 20.2 Å². The van der Waals surface area contributed by atoms with Crippen LogP contribution in [-0.2, 0) is 6.54 Å². The summed E-state index contributed by atoms with van der Waals surface area (Å²) in [5, 5.41) is 24.9. The SMILES string of the molecule is CN1CCC(CNCc2ccc([N+](=O)[O-])cc2[N+](=O)[O-])C1. The molecule has 1 heterocycles. The lowest BCUT2D eigenvalue weighted by atomic mass is 10.1. The van der Waals surface area contributed by atoms with Gasteiger partial charge in [-0.2, -0.15) is 0 Å². The minimum absolute atomic E-state index is 0.208. The molecule has 114 valence electrons. The van der Waals surface area contributed by atoms with E-state index >= 15 is 0 Å². The molecule has 1 fully saturated rings. The van der Waals surface area contributed by atoms with Gasteiger partial charge in [-0.1, -0.05) is 0 Å². The molecule has 2 rings (SSSR count). The first-order chi connectivity index (χ1) is 9.97. The largest absolute Gasteiger partial charge is 0.312 e. The lowest BCUT2D eigenvalue weighted by molar-refractivity contribution is -0.394. The van der Waals surface area contributed by atoms with Gasteiger partial charge < -0.3 is 10.2 Å². The Morgan fingerprint density at radius 3 is 2.67 bits per heavy atom. The molecule has 0 aliphatic carbocycles. The summed E-state index contributed by atoms with van der Waals surface area (Å²) in [4.78, 5) is 22.7. The van der Waals surface area contributed by atoms with Crippen LogP contribution in [0.1, 0.15) is 12.0 Å². The number of nitrogens with zero attached hydrogens (tertiary/aromatic N) is 3. The van der Waals surface area contributed by atoms with Crippen LogP contribution in [0.5, 0.6) is 0 Å². The molecule has 8 heteroatoms. The quantitative estimate of drug-likeness (QED) is 0.631. The van der Waals surface area contributed by atoms with Crippen LogP contribution in [0.2, 0.25) is 0 Å². The summed E-state index contributed by atoms with van der Waals surface area (Å²) >= 11 is 0. The molecular weight excluding hydrogens is 276 g/mol. The van der Waals surface area contributed by atoms with Gasteiger partial charge in [0.15, 0.2) is 0 Å². The van der Waals surface area contributed by atoms with Crippen molar-refractivity contribution in [3.8, 4) is 0 Å². The maximum atomic E-state index is 11.0. The second-order valence-corrected chi connectivity index (χ2v) is 5.38. The number of hydrogen-bond donors (Lipinski definition) is 1. The standard InChI is InChI=1S/C13H18N4O4/c1-15-5-4-10(9-15)7-14-8-11-2-3-12(16(18)19)6-13(11)17(20)21/h2-3,6,10,14H,4-5,7-9H2,1H3. The summed E-state index contributed by atoms with van der Waals surface area (Å²) in [6.45, 7) is 3.23. The minimum Gasteiger partial charge on any atom is -0.312 e. The lowest BCUT2D eigenvalue weighted by Crippen LogP contribution is -2.25. The van der Waals surface area contributed by atoms with Crippen LogP contribution >= 0.6 is 0 Å². The summed E-state index contributed by atoms with van der Waals surface area (Å²) < 4.78 is 0. The molecule has 21 heavy (non-hydrogen) atoms. The van der Waals surface area contributed by atoms with Crippen LogP contribution in [0.15, 0.2) is 18.2 Å². The van der Waals surface area contributed by atoms with Gasteiger partial charge in [0.1, 0.15) is 0 Å². The number of nitro groups is 2. The van der Waals surface area contributed by atoms with Crippen LogP contribution < -0.4 is 5.32 Å². The highest BCUT2D eigenvalue weighted by Crippen LogP contribution is 2.24. The van der Waals surface area contributed by atoms with Crippen molar-refractivity contribution < 1.29 is 9.85 Å². The maximum Gasteiger partial charge on any atom is 0.280 e. The average molecular weight is 294 g/mol. The molecule has 1 saturated heterocycles. The third kappa shape index (κ3) is 3.96. The van der Waals surface area contributed by atoms with Gasteiger partial charge in [0.05, 0.1) is 15.9 Å². The van der Waals surface area contributed by atoms with E-state index < -0.39 is 9.85 Å². The monoisotopic (exact) mass is 294 g/mol. The zero-order valence-corrected chi connectivity index (χ0v) is 11.8. The third-order valence-electron chi connectivity index (χ3n) is 3.71. The first-order valence-corrected chi connectivity index (χ1v) is 6.78. The smallest absolute Gasteiger partial charge is 0.280 e. The summed E-state index contributed by atoms with van der Waals surface area (Å²) in [5.41, 5.74) is 0.0000548. The molecule has 0 amide bonds. The summed E-state index contributed by atoms with van der Waals surface area (Å²) in [7, 11) is 2.07. The molecule has 0 aromatic heterocycles. The minimum atomic E-state index is -0.626. The van der Waals surface area contributed by atoms with Crippen LogP contribution in [0, 0.1) is 26.1 Å². The first-order valence-electron chi connectivity index (χ1n) is 6.78. The van der Waals surface area contributed by atoms with E-state index in [2.05, 4.69) is 17.3 Å². The third-order valence-corrected chi connectivity index (χ3v) is 3.71. The Hall–Kier alpha value is -2.06. The van der Waals surface area contributed by atoms with E-state index in [0.29, 0.717) is 18.0 Å². The van der Waals surface area contributed by atoms with Gasteiger partial charge in [0.25, 0.3) is 11.4 Å². The molecule has 0 spiro atoms. The molecule has 0 bridgehead atoms. The van der Waals surface area contributed by atoms with Crippen LogP contribution in [-0.4, -0.2) is 41.4 Å². The molecular formula is C13H18N4O4. The highest BCUT2D eigenvalue weighted by Gasteiger charge is 2.21. The van der Waals surface area contributed by atoms with Crippen LogP contribution in [0.25, 0.3) is 0 Å². The van der Waals surface area contributed by atoms with Gasteiger partial charge in [0, 0.05) is 24.7 Å². The number of hydrogen-bond acceptors (Lipinski definition) is 6. The fourth-order valence-electron chi connectivity index (χ4n) is 2.59. The molecule has 0 radical (unpaired) electrons. The molecule has 1 unspecified atom stereocenters. The van der Waals surface area contributed by atoms with Crippen molar-refractivity contribution in [2.24, 2.45) is 5.92 Å². The van der Waals surface area contributed by atoms with E-state index in [1.54, 1.807) is 0 Å². The number of nitrogens with one attached hydrogen (secondary N) is 1. The van der Waals surface area contributed by atoms with E-state index in [1.165, 1.54) is 12.1 Å². The van der Waals surface area contributed by atoms with Crippen molar-refractivity contribution in [1.82, 2.24) is 10.2 Å². The fourth-order valence-corrected chi connectivity index (χ4v) is 2.59. The van der Waals surface area contributed by atoms with E-state index in [1.807, 2.05) is 0 Å². The van der Waals surface area contributed by atoms with Gasteiger partial charge in [-0.25, -0.2) is 0 Å². The van der Waals surface area contributed by atoms with Crippen molar-refractivity contribution in [1.29, 1.82) is 0 Å².